The number of hydrogen-bond acceptors (Lipinski definition) is 4. The maximum atomic E-state index is 12.6. The number of anilines is 1. The highest BCUT2D eigenvalue weighted by Gasteiger charge is 2.51. The third kappa shape index (κ3) is 2.39. The van der Waals surface area contributed by atoms with Gasteiger partial charge in [-0.1, -0.05) is 12.2 Å². The number of rotatable bonds is 5. The highest BCUT2D eigenvalue weighted by atomic mass is 16.4. The predicted octanol–water partition coefficient (Wildman–Crippen LogP) is 0.463. The van der Waals surface area contributed by atoms with Gasteiger partial charge in [0.2, 0.25) is 5.91 Å². The monoisotopic (exact) mass is 318 g/mol. The Morgan fingerprint density at radius 2 is 2.00 bits per heavy atom. The number of carboxylic acid groups (broad SMARTS) is 1. The van der Waals surface area contributed by atoms with Crippen molar-refractivity contribution in [3.8, 4) is 0 Å². The van der Waals surface area contributed by atoms with Crippen LogP contribution in [-0.2, 0) is 16.1 Å². The first-order valence-electron chi connectivity index (χ1n) is 7.51. The fraction of sp³-hybridized carbons (Fsp3) is 0.467. The number of carbonyl (C=O) groups excluding carboxylic acids is 2. The number of fused-ring (bicyclic) bond motifs is 2. The van der Waals surface area contributed by atoms with Gasteiger partial charge in [0.1, 0.15) is 5.69 Å². The van der Waals surface area contributed by atoms with Crippen molar-refractivity contribution in [3.05, 3.63) is 24.0 Å². The van der Waals surface area contributed by atoms with Crippen LogP contribution in [0.15, 0.2) is 18.3 Å². The molecule has 0 radical (unpaired) electrons. The molecule has 0 aliphatic heterocycles. The quantitative estimate of drug-likeness (QED) is 0.680. The number of aryl methyl sites for hydroxylation is 1. The number of primary amides is 1. The van der Waals surface area contributed by atoms with Crippen molar-refractivity contribution < 1.29 is 19.5 Å². The Hall–Kier alpha value is -2.64. The summed E-state index contributed by atoms with van der Waals surface area (Å²) >= 11 is 0. The molecular weight excluding hydrogens is 300 g/mol. The standard InChI is InChI=1S/C15H18N4O4/c1-2-19-12(13(16)20)9(6-17-19)18-14(21)10-7-3-4-8(5-7)11(10)15(22)23/h3-4,6-8,10-11H,2,5H2,1H3,(H2,16,20)(H,18,21)(H,22,23)/t7-,8-,10-,11+/m0/s1. The highest BCUT2D eigenvalue weighted by Crippen LogP contribution is 2.48. The van der Waals surface area contributed by atoms with Crippen molar-refractivity contribution >= 4 is 23.5 Å². The SMILES string of the molecule is CCn1ncc(NC(=O)[C@@H]2[C@H](C(=O)O)[C@H]3C=C[C@H]2C3)c1C(N)=O. The molecule has 0 aromatic carbocycles. The molecule has 2 aliphatic rings. The second-order valence-electron chi connectivity index (χ2n) is 5.91. The number of amides is 2. The van der Waals surface area contributed by atoms with Crippen molar-refractivity contribution in [1.29, 1.82) is 0 Å². The van der Waals surface area contributed by atoms with Crippen LogP contribution in [0.25, 0.3) is 0 Å². The van der Waals surface area contributed by atoms with Crippen LogP contribution in [0.4, 0.5) is 5.69 Å². The number of nitrogens with zero attached hydrogens (tertiary/aromatic N) is 2. The van der Waals surface area contributed by atoms with Gasteiger partial charge in [0.05, 0.1) is 23.7 Å². The van der Waals surface area contributed by atoms with Crippen molar-refractivity contribution in [3.63, 3.8) is 0 Å². The lowest BCUT2D eigenvalue weighted by Gasteiger charge is -2.23. The maximum absolute atomic E-state index is 12.6. The van der Waals surface area contributed by atoms with Crippen LogP contribution in [-0.4, -0.2) is 32.7 Å². The van der Waals surface area contributed by atoms with E-state index in [1.165, 1.54) is 10.9 Å². The van der Waals surface area contributed by atoms with Gasteiger partial charge in [-0.2, -0.15) is 5.10 Å². The minimum Gasteiger partial charge on any atom is -0.481 e. The Bertz CT molecular complexity index is 708. The summed E-state index contributed by atoms with van der Waals surface area (Å²) in [6.07, 6.45) is 5.81. The largest absolute Gasteiger partial charge is 0.481 e. The lowest BCUT2D eigenvalue weighted by molar-refractivity contribution is -0.146. The number of nitrogens with two attached hydrogens (primary N) is 1. The minimum atomic E-state index is -0.971. The van der Waals surface area contributed by atoms with Gasteiger partial charge in [-0.3, -0.25) is 19.1 Å². The van der Waals surface area contributed by atoms with Gasteiger partial charge in [-0.15, -0.1) is 0 Å². The average molecular weight is 318 g/mol. The van der Waals surface area contributed by atoms with Crippen molar-refractivity contribution in [1.82, 2.24) is 9.78 Å². The Morgan fingerprint density at radius 3 is 2.57 bits per heavy atom. The average Bonchev–Trinajstić information content (AvgIpc) is 3.19. The molecule has 8 heteroatoms. The first-order chi connectivity index (χ1) is 10.9. The Kier molecular flexibility index (Phi) is 3.67. The van der Waals surface area contributed by atoms with Crippen LogP contribution in [0, 0.1) is 23.7 Å². The molecule has 4 N–H and O–H groups in total. The van der Waals surface area contributed by atoms with Gasteiger partial charge in [-0.25, -0.2) is 0 Å². The van der Waals surface area contributed by atoms with E-state index in [1.807, 2.05) is 12.2 Å². The van der Waals surface area contributed by atoms with Crippen LogP contribution in [0.1, 0.15) is 23.8 Å². The lowest BCUT2D eigenvalue weighted by atomic mass is 9.82. The number of hydrogen-bond donors (Lipinski definition) is 3. The van der Waals surface area contributed by atoms with Crippen LogP contribution in [0.2, 0.25) is 0 Å². The molecule has 1 heterocycles. The molecule has 4 atom stereocenters. The van der Waals surface area contributed by atoms with E-state index in [-0.39, 0.29) is 23.2 Å². The van der Waals surface area contributed by atoms with E-state index in [1.54, 1.807) is 6.92 Å². The molecule has 23 heavy (non-hydrogen) atoms. The first-order valence-corrected chi connectivity index (χ1v) is 7.51. The molecule has 1 aromatic rings. The zero-order chi connectivity index (χ0) is 16.7. The number of carboxylic acids is 1. The van der Waals surface area contributed by atoms with Gasteiger partial charge >= 0.3 is 5.97 Å². The van der Waals surface area contributed by atoms with Gasteiger partial charge in [0, 0.05) is 6.54 Å². The summed E-state index contributed by atoms with van der Waals surface area (Å²) in [5.74, 6) is -3.64. The van der Waals surface area contributed by atoms with Gasteiger partial charge in [0.15, 0.2) is 0 Å². The Labute approximate surface area is 132 Å². The fourth-order valence-corrected chi connectivity index (χ4v) is 3.71. The summed E-state index contributed by atoms with van der Waals surface area (Å²) in [6, 6.07) is 0. The summed E-state index contributed by atoms with van der Waals surface area (Å²) in [7, 11) is 0. The third-order valence-corrected chi connectivity index (χ3v) is 4.68. The molecule has 2 amide bonds. The molecule has 1 fully saturated rings. The molecule has 0 spiro atoms. The zero-order valence-corrected chi connectivity index (χ0v) is 12.6. The van der Waals surface area contributed by atoms with E-state index < -0.39 is 29.6 Å². The van der Waals surface area contributed by atoms with E-state index in [4.69, 9.17) is 5.73 Å². The summed E-state index contributed by atoms with van der Waals surface area (Å²) < 4.78 is 1.40. The molecule has 8 nitrogen and oxygen atoms in total. The molecule has 3 rings (SSSR count). The Balaban J connectivity index is 1.85. The number of aliphatic carboxylic acids is 1. The molecule has 1 saturated carbocycles. The van der Waals surface area contributed by atoms with E-state index >= 15 is 0 Å². The third-order valence-electron chi connectivity index (χ3n) is 4.68. The Morgan fingerprint density at radius 1 is 1.35 bits per heavy atom. The summed E-state index contributed by atoms with van der Waals surface area (Å²) in [5, 5.41) is 16.0. The van der Waals surface area contributed by atoms with Gasteiger partial charge in [0.25, 0.3) is 5.91 Å². The lowest BCUT2D eigenvalue weighted by Crippen LogP contribution is -2.36. The molecule has 122 valence electrons. The molecule has 0 unspecified atom stereocenters. The topological polar surface area (TPSA) is 127 Å². The number of aromatic nitrogens is 2. The minimum absolute atomic E-state index is 0.0839. The fourth-order valence-electron chi connectivity index (χ4n) is 3.71. The van der Waals surface area contributed by atoms with E-state index in [2.05, 4.69) is 10.4 Å². The second kappa shape index (κ2) is 5.53. The summed E-state index contributed by atoms with van der Waals surface area (Å²) in [5.41, 5.74) is 5.68. The maximum Gasteiger partial charge on any atom is 0.307 e. The van der Waals surface area contributed by atoms with E-state index in [9.17, 15) is 19.5 Å². The molecule has 1 aromatic heterocycles. The smallest absolute Gasteiger partial charge is 0.307 e. The van der Waals surface area contributed by atoms with E-state index in [0.29, 0.717) is 13.0 Å². The molecule has 2 bridgehead atoms. The van der Waals surface area contributed by atoms with Crippen LogP contribution in [0.3, 0.4) is 0 Å². The zero-order valence-electron chi connectivity index (χ0n) is 12.6. The van der Waals surface area contributed by atoms with Crippen LogP contribution in [0.5, 0.6) is 0 Å². The normalized spacial score (nSPS) is 28.0. The van der Waals surface area contributed by atoms with Crippen molar-refractivity contribution in [2.75, 3.05) is 5.32 Å². The molecule has 0 saturated heterocycles. The number of carbonyl (C=O) groups is 3. The van der Waals surface area contributed by atoms with Crippen molar-refractivity contribution in [2.45, 2.75) is 19.9 Å². The van der Waals surface area contributed by atoms with Gasteiger partial charge in [-0.05, 0) is 25.2 Å². The summed E-state index contributed by atoms with van der Waals surface area (Å²) in [6.45, 7) is 2.23. The number of nitrogens with one attached hydrogen (secondary N) is 1. The molecular formula is C15H18N4O4. The van der Waals surface area contributed by atoms with E-state index in [0.717, 1.165) is 0 Å². The predicted molar refractivity (Wildman–Crippen MR) is 80.4 cm³/mol. The second-order valence-corrected chi connectivity index (χ2v) is 5.91. The highest BCUT2D eigenvalue weighted by molar-refractivity contribution is 6.03. The number of allylic oxidation sites excluding steroid dienone is 2. The van der Waals surface area contributed by atoms with Crippen LogP contribution >= 0.6 is 0 Å². The van der Waals surface area contributed by atoms with Gasteiger partial charge < -0.3 is 16.2 Å². The first kappa shape index (κ1) is 15.3. The summed E-state index contributed by atoms with van der Waals surface area (Å²) in [4.78, 5) is 35.6. The van der Waals surface area contributed by atoms with Crippen molar-refractivity contribution in [2.24, 2.45) is 29.4 Å². The van der Waals surface area contributed by atoms with Crippen LogP contribution < -0.4 is 11.1 Å². The molecule has 2 aliphatic carbocycles.